The molecule has 0 aromatic heterocycles. The lowest BCUT2D eigenvalue weighted by Crippen LogP contribution is -2.08. The van der Waals surface area contributed by atoms with E-state index in [1.54, 1.807) is 0 Å². The molecule has 1 aromatic carbocycles. The van der Waals surface area contributed by atoms with Crippen molar-refractivity contribution < 1.29 is 18.5 Å². The Labute approximate surface area is 93.3 Å². The van der Waals surface area contributed by atoms with E-state index in [1.807, 2.05) is 6.42 Å². The maximum atomic E-state index is 10.4. The van der Waals surface area contributed by atoms with Gasteiger partial charge in [0.05, 0.1) is 18.1 Å². The normalized spacial score (nSPS) is 17.0. The Kier molecular flexibility index (Phi) is 3.66. The predicted molar refractivity (Wildman–Crippen MR) is 56.8 cm³/mol. The Morgan fingerprint density at radius 1 is 1.25 bits per heavy atom. The van der Waals surface area contributed by atoms with Crippen molar-refractivity contribution in [3.8, 4) is 5.75 Å². The van der Waals surface area contributed by atoms with Crippen molar-refractivity contribution in [1.29, 1.82) is 0 Å². The average Bonchev–Trinajstić information content (AvgIpc) is 2.31. The number of hydrogen-bond acceptors (Lipinski definition) is 5. The molecule has 1 heterocycles. The second kappa shape index (κ2) is 5.21. The standard InChI is InChI=1S/C9H9NO5P/c11-10(12)8-2-4-9(5-3-8)15-16-13-6-1-7-14-16/h1-5H,6-7H2. The topological polar surface area (TPSA) is 70.8 Å². The van der Waals surface area contributed by atoms with Crippen LogP contribution < -0.4 is 4.52 Å². The van der Waals surface area contributed by atoms with Gasteiger partial charge in [-0.1, -0.05) is 0 Å². The third kappa shape index (κ3) is 2.88. The lowest BCUT2D eigenvalue weighted by Gasteiger charge is -2.20. The van der Waals surface area contributed by atoms with Crippen molar-refractivity contribution in [3.63, 3.8) is 0 Å². The molecule has 0 unspecified atom stereocenters. The number of nitrogens with zero attached hydrogens (tertiary/aromatic N) is 1. The number of rotatable bonds is 3. The van der Waals surface area contributed by atoms with Crippen molar-refractivity contribution in [3.05, 3.63) is 40.8 Å². The van der Waals surface area contributed by atoms with Gasteiger partial charge in [0.15, 0.2) is 0 Å². The molecule has 1 radical (unpaired) electrons. The molecule has 0 atom stereocenters. The molecule has 16 heavy (non-hydrogen) atoms. The van der Waals surface area contributed by atoms with Crippen molar-refractivity contribution in [2.24, 2.45) is 0 Å². The quantitative estimate of drug-likeness (QED) is 0.462. The Balaban J connectivity index is 1.96. The first-order valence-electron chi connectivity index (χ1n) is 4.56. The molecule has 0 N–H and O–H groups in total. The van der Waals surface area contributed by atoms with E-state index in [4.69, 9.17) is 13.6 Å². The van der Waals surface area contributed by atoms with Crippen LogP contribution in [0.2, 0.25) is 0 Å². The average molecular weight is 242 g/mol. The zero-order chi connectivity index (χ0) is 11.4. The van der Waals surface area contributed by atoms with Gasteiger partial charge in [0.2, 0.25) is 0 Å². The lowest BCUT2D eigenvalue weighted by atomic mass is 10.3. The minimum absolute atomic E-state index is 0.0268. The van der Waals surface area contributed by atoms with Gasteiger partial charge in [-0.15, -0.1) is 0 Å². The van der Waals surface area contributed by atoms with Crippen LogP contribution in [0.15, 0.2) is 24.3 Å². The number of benzene rings is 1. The molecule has 85 valence electrons. The van der Waals surface area contributed by atoms with Crippen LogP contribution in [0.3, 0.4) is 0 Å². The van der Waals surface area contributed by atoms with Crippen LogP contribution in [-0.2, 0) is 9.05 Å². The van der Waals surface area contributed by atoms with E-state index in [9.17, 15) is 10.1 Å². The van der Waals surface area contributed by atoms with Crippen LogP contribution in [0.25, 0.3) is 0 Å². The smallest absolute Gasteiger partial charge is 0.397 e. The summed E-state index contributed by atoms with van der Waals surface area (Å²) in [4.78, 5) is 9.96. The summed E-state index contributed by atoms with van der Waals surface area (Å²) in [5.74, 6) is 0.499. The van der Waals surface area contributed by atoms with E-state index in [0.29, 0.717) is 19.0 Å². The molecule has 7 heteroatoms. The third-order valence-corrected chi connectivity index (χ3v) is 2.90. The molecule has 1 aliphatic heterocycles. The molecule has 0 aliphatic carbocycles. The van der Waals surface area contributed by atoms with Gasteiger partial charge < -0.3 is 13.6 Å². The maximum Gasteiger partial charge on any atom is 0.397 e. The van der Waals surface area contributed by atoms with Crippen LogP contribution >= 0.6 is 8.60 Å². The minimum Gasteiger partial charge on any atom is -0.427 e. The number of nitro groups is 1. The highest BCUT2D eigenvalue weighted by molar-refractivity contribution is 7.42. The number of nitro benzene ring substituents is 1. The molecule has 1 saturated heterocycles. The fraction of sp³-hybridized carbons (Fsp3) is 0.222. The summed E-state index contributed by atoms with van der Waals surface area (Å²) < 4.78 is 15.7. The summed E-state index contributed by atoms with van der Waals surface area (Å²) in [6.07, 6.45) is 1.85. The lowest BCUT2D eigenvalue weighted by molar-refractivity contribution is -0.384. The van der Waals surface area contributed by atoms with Crippen molar-refractivity contribution in [2.75, 3.05) is 13.2 Å². The van der Waals surface area contributed by atoms with Crippen molar-refractivity contribution in [2.45, 2.75) is 0 Å². The van der Waals surface area contributed by atoms with Gasteiger partial charge in [-0.25, -0.2) is 0 Å². The van der Waals surface area contributed by atoms with E-state index in [-0.39, 0.29) is 5.69 Å². The number of hydrogen-bond donors (Lipinski definition) is 0. The van der Waals surface area contributed by atoms with Gasteiger partial charge >= 0.3 is 8.60 Å². The van der Waals surface area contributed by atoms with Crippen LogP contribution in [-0.4, -0.2) is 18.1 Å². The Morgan fingerprint density at radius 3 is 2.44 bits per heavy atom. The molecule has 1 aromatic rings. The summed E-state index contributed by atoms with van der Waals surface area (Å²) in [6.45, 7) is 0.997. The predicted octanol–water partition coefficient (Wildman–Crippen LogP) is 2.45. The van der Waals surface area contributed by atoms with Gasteiger partial charge in [0.1, 0.15) is 5.75 Å². The van der Waals surface area contributed by atoms with Crippen LogP contribution in [0.5, 0.6) is 5.75 Å². The molecule has 6 nitrogen and oxygen atoms in total. The second-order valence-electron chi connectivity index (χ2n) is 2.95. The molecule has 1 aliphatic rings. The highest BCUT2D eigenvalue weighted by Crippen LogP contribution is 2.42. The van der Waals surface area contributed by atoms with E-state index in [1.165, 1.54) is 24.3 Å². The van der Waals surface area contributed by atoms with Gasteiger partial charge in [-0.05, 0) is 12.1 Å². The minimum atomic E-state index is -1.37. The van der Waals surface area contributed by atoms with Crippen LogP contribution in [0.4, 0.5) is 5.69 Å². The summed E-state index contributed by atoms with van der Waals surface area (Å²) in [5, 5.41) is 10.4. The van der Waals surface area contributed by atoms with Crippen molar-refractivity contribution in [1.82, 2.24) is 0 Å². The molecule has 0 amide bonds. The summed E-state index contributed by atoms with van der Waals surface area (Å²) in [7, 11) is -1.37. The van der Waals surface area contributed by atoms with Gasteiger partial charge in [-0.3, -0.25) is 10.1 Å². The van der Waals surface area contributed by atoms with Crippen molar-refractivity contribution >= 4 is 14.3 Å². The van der Waals surface area contributed by atoms with E-state index in [0.717, 1.165) is 0 Å². The Morgan fingerprint density at radius 2 is 1.88 bits per heavy atom. The number of non-ortho nitro benzene ring substituents is 1. The van der Waals surface area contributed by atoms with E-state index >= 15 is 0 Å². The third-order valence-electron chi connectivity index (χ3n) is 1.82. The molecule has 0 spiro atoms. The highest BCUT2D eigenvalue weighted by Gasteiger charge is 2.19. The SMILES string of the molecule is O=[N+]([O-])c1ccc(OP2OC[CH]CO2)cc1. The van der Waals surface area contributed by atoms with Gasteiger partial charge in [0.25, 0.3) is 5.69 Å². The second-order valence-corrected chi connectivity index (χ2v) is 4.09. The fourth-order valence-corrected chi connectivity index (χ4v) is 2.01. The first-order valence-corrected chi connectivity index (χ1v) is 5.65. The highest BCUT2D eigenvalue weighted by atomic mass is 31.2. The monoisotopic (exact) mass is 242 g/mol. The van der Waals surface area contributed by atoms with E-state index in [2.05, 4.69) is 0 Å². The Hall–Kier alpha value is -1.23. The van der Waals surface area contributed by atoms with Crippen LogP contribution in [0, 0.1) is 16.5 Å². The van der Waals surface area contributed by atoms with Gasteiger partial charge in [-0.2, -0.15) is 0 Å². The zero-order valence-corrected chi connectivity index (χ0v) is 9.13. The molecular formula is C9H9NO5P. The fourth-order valence-electron chi connectivity index (χ4n) is 1.08. The van der Waals surface area contributed by atoms with E-state index < -0.39 is 13.5 Å². The molecule has 0 bridgehead atoms. The molecule has 2 rings (SSSR count). The summed E-state index contributed by atoms with van der Waals surface area (Å²) in [6, 6.07) is 5.79. The zero-order valence-electron chi connectivity index (χ0n) is 8.24. The molecule has 0 saturated carbocycles. The summed E-state index contributed by atoms with van der Waals surface area (Å²) in [5.41, 5.74) is 0.0268. The molecular weight excluding hydrogens is 233 g/mol. The van der Waals surface area contributed by atoms with Crippen LogP contribution in [0.1, 0.15) is 0 Å². The van der Waals surface area contributed by atoms with Gasteiger partial charge in [0, 0.05) is 18.6 Å². The first kappa shape index (κ1) is 11.3. The Bertz CT molecular complexity index is 363. The summed E-state index contributed by atoms with van der Waals surface area (Å²) >= 11 is 0. The molecule has 1 fully saturated rings. The maximum absolute atomic E-state index is 10.4. The largest absolute Gasteiger partial charge is 0.427 e. The first-order chi connectivity index (χ1) is 7.75.